The van der Waals surface area contributed by atoms with E-state index in [9.17, 15) is 4.79 Å². The number of hydrogen-bond acceptors (Lipinski definition) is 2. The number of carbonyl (C=O) groups excluding carboxylic acids is 1. The first-order valence-electron chi connectivity index (χ1n) is 4.42. The lowest BCUT2D eigenvalue weighted by Gasteiger charge is -2.31. The minimum absolute atomic E-state index is 0.213. The van der Waals surface area contributed by atoms with E-state index >= 15 is 0 Å². The summed E-state index contributed by atoms with van der Waals surface area (Å²) in [4.78, 5) is 10.9. The van der Waals surface area contributed by atoms with Crippen LogP contribution >= 0.6 is 0 Å². The van der Waals surface area contributed by atoms with Crippen LogP contribution in [0.5, 0.6) is 0 Å². The van der Waals surface area contributed by atoms with E-state index in [1.54, 1.807) is 0 Å². The number of hydrogen-bond donors (Lipinski definition) is 1. The van der Waals surface area contributed by atoms with E-state index in [2.05, 4.69) is 11.9 Å². The Morgan fingerprint density at radius 1 is 1.33 bits per heavy atom. The standard InChI is InChI=1S/C9H13NO2/c1-7-9(10-8(11)12-7)5-3-2-4-6-9/h1-6H2,(H,10,11). The molecule has 2 rings (SSSR count). The normalized spacial score (nSPS) is 27.0. The summed E-state index contributed by atoms with van der Waals surface area (Å²) in [7, 11) is 0. The average Bonchev–Trinajstić information content (AvgIpc) is 2.29. The van der Waals surface area contributed by atoms with Crippen LogP contribution in [0.25, 0.3) is 0 Å². The summed E-state index contributed by atoms with van der Waals surface area (Å²) in [6, 6.07) is 0. The van der Waals surface area contributed by atoms with Gasteiger partial charge in [0.2, 0.25) is 0 Å². The Morgan fingerprint density at radius 2 is 2.00 bits per heavy atom. The Balaban J connectivity index is 2.18. The van der Waals surface area contributed by atoms with Gasteiger partial charge >= 0.3 is 6.09 Å². The Hall–Kier alpha value is -0.990. The van der Waals surface area contributed by atoms with E-state index < -0.39 is 0 Å². The van der Waals surface area contributed by atoms with Crippen LogP contribution in [0.15, 0.2) is 12.3 Å². The highest BCUT2D eigenvalue weighted by Crippen LogP contribution is 2.37. The van der Waals surface area contributed by atoms with E-state index in [1.807, 2.05) is 0 Å². The lowest BCUT2D eigenvalue weighted by Crippen LogP contribution is -2.43. The average molecular weight is 167 g/mol. The summed E-state index contributed by atoms with van der Waals surface area (Å²) < 4.78 is 4.91. The quantitative estimate of drug-likeness (QED) is 0.598. The van der Waals surface area contributed by atoms with Crippen molar-refractivity contribution >= 4 is 6.09 Å². The highest BCUT2D eigenvalue weighted by Gasteiger charge is 2.43. The first-order chi connectivity index (χ1) is 5.73. The molecule has 0 aromatic heterocycles. The molecule has 1 saturated carbocycles. The van der Waals surface area contributed by atoms with E-state index in [0.29, 0.717) is 5.76 Å². The molecule has 1 spiro atoms. The largest absolute Gasteiger partial charge is 0.413 e. The van der Waals surface area contributed by atoms with E-state index in [1.165, 1.54) is 6.42 Å². The van der Waals surface area contributed by atoms with E-state index in [4.69, 9.17) is 4.74 Å². The second-order valence-corrected chi connectivity index (χ2v) is 3.58. The highest BCUT2D eigenvalue weighted by molar-refractivity contribution is 5.74. The van der Waals surface area contributed by atoms with Crippen LogP contribution in [0, 0.1) is 0 Å². The van der Waals surface area contributed by atoms with Gasteiger partial charge in [-0.05, 0) is 12.8 Å². The highest BCUT2D eigenvalue weighted by atomic mass is 16.6. The minimum atomic E-state index is -0.332. The number of alkyl carbamates (subject to hydrolysis) is 1. The fourth-order valence-electron chi connectivity index (χ4n) is 2.06. The van der Waals surface area contributed by atoms with Crippen LogP contribution in [-0.4, -0.2) is 11.6 Å². The van der Waals surface area contributed by atoms with Crippen molar-refractivity contribution < 1.29 is 9.53 Å². The van der Waals surface area contributed by atoms with Gasteiger partial charge in [0.25, 0.3) is 0 Å². The zero-order valence-corrected chi connectivity index (χ0v) is 7.06. The molecule has 0 radical (unpaired) electrons. The molecular weight excluding hydrogens is 154 g/mol. The third kappa shape index (κ3) is 1.00. The Morgan fingerprint density at radius 3 is 2.50 bits per heavy atom. The van der Waals surface area contributed by atoms with Crippen LogP contribution in [0.3, 0.4) is 0 Å². The molecule has 0 unspecified atom stereocenters. The van der Waals surface area contributed by atoms with Crippen molar-refractivity contribution in [1.82, 2.24) is 5.32 Å². The van der Waals surface area contributed by atoms with Crippen molar-refractivity contribution in [2.45, 2.75) is 37.6 Å². The summed E-state index contributed by atoms with van der Waals surface area (Å²) in [5.74, 6) is 0.618. The van der Waals surface area contributed by atoms with Gasteiger partial charge in [-0.1, -0.05) is 25.8 Å². The molecular formula is C9H13NO2. The molecule has 12 heavy (non-hydrogen) atoms. The molecule has 1 saturated heterocycles. The lowest BCUT2D eigenvalue weighted by molar-refractivity contribution is 0.195. The van der Waals surface area contributed by atoms with Crippen LogP contribution in [0.1, 0.15) is 32.1 Å². The zero-order valence-electron chi connectivity index (χ0n) is 7.06. The molecule has 2 fully saturated rings. The second-order valence-electron chi connectivity index (χ2n) is 3.58. The SMILES string of the molecule is C=C1OC(=O)NC12CCCCC2. The fourth-order valence-corrected chi connectivity index (χ4v) is 2.06. The molecule has 3 nitrogen and oxygen atoms in total. The Kier molecular flexibility index (Phi) is 1.60. The number of amides is 1. The van der Waals surface area contributed by atoms with Crippen molar-refractivity contribution in [3.63, 3.8) is 0 Å². The van der Waals surface area contributed by atoms with Gasteiger partial charge in [0.05, 0.1) is 0 Å². The Labute approximate surface area is 71.8 Å². The van der Waals surface area contributed by atoms with Crippen molar-refractivity contribution in [2.75, 3.05) is 0 Å². The van der Waals surface area contributed by atoms with Crippen molar-refractivity contribution in [3.8, 4) is 0 Å². The molecule has 1 aliphatic carbocycles. The molecule has 0 atom stereocenters. The molecule has 2 aliphatic rings. The zero-order chi connectivity index (χ0) is 8.60. The number of rotatable bonds is 0. The number of cyclic esters (lactones) is 1. The van der Waals surface area contributed by atoms with Gasteiger partial charge in [-0.15, -0.1) is 0 Å². The molecule has 1 amide bonds. The molecule has 1 heterocycles. The number of carbonyl (C=O) groups is 1. The fraction of sp³-hybridized carbons (Fsp3) is 0.667. The second kappa shape index (κ2) is 2.51. The van der Waals surface area contributed by atoms with Crippen LogP contribution in [0.4, 0.5) is 4.79 Å². The topological polar surface area (TPSA) is 38.3 Å². The summed E-state index contributed by atoms with van der Waals surface area (Å²) >= 11 is 0. The van der Waals surface area contributed by atoms with Crippen LogP contribution in [0.2, 0.25) is 0 Å². The molecule has 0 bridgehead atoms. The third-order valence-electron chi connectivity index (χ3n) is 2.80. The molecule has 1 N–H and O–H groups in total. The van der Waals surface area contributed by atoms with E-state index in [0.717, 1.165) is 25.7 Å². The van der Waals surface area contributed by atoms with Crippen molar-refractivity contribution in [3.05, 3.63) is 12.3 Å². The van der Waals surface area contributed by atoms with Gasteiger partial charge in [-0.2, -0.15) is 0 Å². The summed E-state index contributed by atoms with van der Waals surface area (Å²) in [6.07, 6.45) is 5.20. The number of ether oxygens (including phenoxy) is 1. The van der Waals surface area contributed by atoms with Gasteiger partial charge in [0.15, 0.2) is 0 Å². The maximum atomic E-state index is 10.9. The molecule has 0 aromatic carbocycles. The maximum Gasteiger partial charge on any atom is 0.413 e. The van der Waals surface area contributed by atoms with Gasteiger partial charge in [-0.3, -0.25) is 0 Å². The van der Waals surface area contributed by atoms with Gasteiger partial charge < -0.3 is 10.1 Å². The van der Waals surface area contributed by atoms with Gasteiger partial charge in [0, 0.05) is 0 Å². The molecule has 66 valence electrons. The monoisotopic (exact) mass is 167 g/mol. The lowest BCUT2D eigenvalue weighted by atomic mass is 9.81. The molecule has 0 aromatic rings. The smallest absolute Gasteiger partial charge is 0.413 e. The van der Waals surface area contributed by atoms with E-state index in [-0.39, 0.29) is 11.6 Å². The minimum Gasteiger partial charge on any atom is -0.413 e. The summed E-state index contributed by atoms with van der Waals surface area (Å²) in [5, 5.41) is 2.86. The summed E-state index contributed by atoms with van der Waals surface area (Å²) in [5.41, 5.74) is -0.213. The first-order valence-corrected chi connectivity index (χ1v) is 4.42. The van der Waals surface area contributed by atoms with Gasteiger partial charge in [-0.25, -0.2) is 4.79 Å². The molecule has 3 heteroatoms. The van der Waals surface area contributed by atoms with Gasteiger partial charge in [0.1, 0.15) is 11.3 Å². The summed E-state index contributed by atoms with van der Waals surface area (Å²) in [6.45, 7) is 3.78. The molecule has 1 aliphatic heterocycles. The van der Waals surface area contributed by atoms with Crippen LogP contribution in [-0.2, 0) is 4.74 Å². The Bertz CT molecular complexity index is 229. The predicted molar refractivity (Wildman–Crippen MR) is 44.6 cm³/mol. The predicted octanol–water partition coefficient (Wildman–Crippen LogP) is 1.94. The first kappa shape index (κ1) is 7.65. The third-order valence-corrected chi connectivity index (χ3v) is 2.80. The number of nitrogens with one attached hydrogen (secondary N) is 1. The maximum absolute atomic E-state index is 10.9. The van der Waals surface area contributed by atoms with Crippen molar-refractivity contribution in [2.24, 2.45) is 0 Å². The van der Waals surface area contributed by atoms with Crippen molar-refractivity contribution in [1.29, 1.82) is 0 Å². The van der Waals surface area contributed by atoms with Crippen LogP contribution < -0.4 is 5.32 Å².